The van der Waals surface area contributed by atoms with E-state index >= 15 is 0 Å². The standard InChI is InChI=1S/C17H17BrN2O4/c1-10(2)23-12-5-3-11(4-6-12)9-13(16(19)21)20-17(22)14-7-8-15(18)24-14/h3-10H,1-2H3,(H2,19,21)(H,20,22)/b13-9-. The van der Waals surface area contributed by atoms with E-state index in [0.717, 1.165) is 0 Å². The molecule has 7 heteroatoms. The summed E-state index contributed by atoms with van der Waals surface area (Å²) < 4.78 is 11.1. The fourth-order valence-electron chi connectivity index (χ4n) is 1.87. The highest BCUT2D eigenvalue weighted by molar-refractivity contribution is 9.10. The van der Waals surface area contributed by atoms with Crippen LogP contribution in [0.2, 0.25) is 0 Å². The number of halogens is 1. The zero-order valence-electron chi connectivity index (χ0n) is 13.2. The van der Waals surface area contributed by atoms with Gasteiger partial charge in [0.15, 0.2) is 10.4 Å². The molecule has 0 unspecified atom stereocenters. The van der Waals surface area contributed by atoms with E-state index in [2.05, 4.69) is 21.2 Å². The lowest BCUT2D eigenvalue weighted by atomic mass is 10.1. The Morgan fingerprint density at radius 2 is 1.88 bits per heavy atom. The largest absolute Gasteiger partial charge is 0.491 e. The molecule has 0 radical (unpaired) electrons. The highest BCUT2D eigenvalue weighted by atomic mass is 79.9. The van der Waals surface area contributed by atoms with Crippen molar-refractivity contribution in [1.29, 1.82) is 0 Å². The molecule has 3 N–H and O–H groups in total. The summed E-state index contributed by atoms with van der Waals surface area (Å²) in [5.74, 6) is -0.538. The molecule has 1 heterocycles. The molecule has 6 nitrogen and oxygen atoms in total. The summed E-state index contributed by atoms with van der Waals surface area (Å²) in [6.45, 7) is 3.86. The van der Waals surface area contributed by atoms with Crippen molar-refractivity contribution in [3.8, 4) is 5.75 Å². The second-order valence-electron chi connectivity index (χ2n) is 5.22. The third-order valence-electron chi connectivity index (χ3n) is 2.87. The van der Waals surface area contributed by atoms with Crippen LogP contribution >= 0.6 is 15.9 Å². The maximum Gasteiger partial charge on any atom is 0.291 e. The molecule has 0 aliphatic carbocycles. The van der Waals surface area contributed by atoms with Gasteiger partial charge >= 0.3 is 0 Å². The molecular formula is C17H17BrN2O4. The molecule has 24 heavy (non-hydrogen) atoms. The number of primary amides is 1. The van der Waals surface area contributed by atoms with Gasteiger partial charge in [-0.25, -0.2) is 0 Å². The quantitative estimate of drug-likeness (QED) is 0.738. The van der Waals surface area contributed by atoms with E-state index in [4.69, 9.17) is 14.9 Å². The minimum atomic E-state index is -0.753. The second kappa shape index (κ2) is 7.83. The van der Waals surface area contributed by atoms with Crippen LogP contribution in [0.5, 0.6) is 5.75 Å². The molecule has 0 spiro atoms. The number of rotatable bonds is 6. The van der Waals surface area contributed by atoms with Crippen LogP contribution in [0.4, 0.5) is 0 Å². The number of amides is 2. The van der Waals surface area contributed by atoms with Gasteiger partial charge in [0.2, 0.25) is 0 Å². The van der Waals surface area contributed by atoms with Crippen molar-refractivity contribution in [3.63, 3.8) is 0 Å². The minimum absolute atomic E-state index is 0.0370. The predicted octanol–water partition coefficient (Wildman–Crippen LogP) is 3.09. The molecule has 0 saturated heterocycles. The van der Waals surface area contributed by atoms with E-state index in [0.29, 0.717) is 16.0 Å². The van der Waals surface area contributed by atoms with Crippen molar-refractivity contribution in [2.45, 2.75) is 20.0 Å². The van der Waals surface area contributed by atoms with Crippen molar-refractivity contribution in [2.24, 2.45) is 5.73 Å². The smallest absolute Gasteiger partial charge is 0.291 e. The van der Waals surface area contributed by atoms with Crippen molar-refractivity contribution < 1.29 is 18.7 Å². The van der Waals surface area contributed by atoms with Crippen LogP contribution in [0.25, 0.3) is 6.08 Å². The van der Waals surface area contributed by atoms with Crippen LogP contribution in [-0.4, -0.2) is 17.9 Å². The first-order valence-electron chi connectivity index (χ1n) is 7.20. The van der Waals surface area contributed by atoms with Gasteiger partial charge in [-0.3, -0.25) is 9.59 Å². The zero-order chi connectivity index (χ0) is 17.7. The molecular weight excluding hydrogens is 376 g/mol. The van der Waals surface area contributed by atoms with Crippen molar-refractivity contribution in [1.82, 2.24) is 5.32 Å². The topological polar surface area (TPSA) is 94.6 Å². The van der Waals surface area contributed by atoms with Gasteiger partial charge in [-0.05, 0) is 65.7 Å². The van der Waals surface area contributed by atoms with Crippen LogP contribution in [0, 0.1) is 0 Å². The van der Waals surface area contributed by atoms with E-state index in [1.807, 2.05) is 13.8 Å². The third-order valence-corrected chi connectivity index (χ3v) is 3.30. The van der Waals surface area contributed by atoms with E-state index in [-0.39, 0.29) is 17.6 Å². The highest BCUT2D eigenvalue weighted by Gasteiger charge is 2.15. The van der Waals surface area contributed by atoms with Crippen LogP contribution < -0.4 is 15.8 Å². The monoisotopic (exact) mass is 392 g/mol. The van der Waals surface area contributed by atoms with Crippen molar-refractivity contribution in [3.05, 3.63) is 58.1 Å². The molecule has 0 aliphatic rings. The van der Waals surface area contributed by atoms with E-state index in [1.54, 1.807) is 30.3 Å². The number of hydrogen-bond acceptors (Lipinski definition) is 4. The number of furan rings is 1. The molecule has 0 bridgehead atoms. The summed E-state index contributed by atoms with van der Waals surface area (Å²) in [4.78, 5) is 23.6. The number of hydrogen-bond donors (Lipinski definition) is 2. The van der Waals surface area contributed by atoms with E-state index in [1.165, 1.54) is 12.1 Å². The molecule has 0 aliphatic heterocycles. The minimum Gasteiger partial charge on any atom is -0.491 e. The SMILES string of the molecule is CC(C)Oc1ccc(/C=C(\NC(=O)c2ccc(Br)o2)C(N)=O)cc1. The van der Waals surface area contributed by atoms with E-state index < -0.39 is 11.8 Å². The molecule has 1 aromatic heterocycles. The fraction of sp³-hybridized carbons (Fsp3) is 0.176. The maximum absolute atomic E-state index is 12.0. The summed E-state index contributed by atoms with van der Waals surface area (Å²) >= 11 is 3.11. The van der Waals surface area contributed by atoms with Gasteiger partial charge in [-0.15, -0.1) is 0 Å². The van der Waals surface area contributed by atoms with Gasteiger partial charge in [-0.2, -0.15) is 0 Å². The lowest BCUT2D eigenvalue weighted by Gasteiger charge is -2.10. The molecule has 0 saturated carbocycles. The lowest BCUT2D eigenvalue weighted by Crippen LogP contribution is -2.30. The fourth-order valence-corrected chi connectivity index (χ4v) is 2.18. The predicted molar refractivity (Wildman–Crippen MR) is 93.3 cm³/mol. The number of ether oxygens (including phenoxy) is 1. The molecule has 0 fully saturated rings. The van der Waals surface area contributed by atoms with Crippen LogP contribution in [-0.2, 0) is 4.79 Å². The Bertz CT molecular complexity index is 763. The Balaban J connectivity index is 2.16. The Morgan fingerprint density at radius 3 is 2.38 bits per heavy atom. The second-order valence-corrected chi connectivity index (χ2v) is 6.00. The molecule has 126 valence electrons. The van der Waals surface area contributed by atoms with Crippen molar-refractivity contribution >= 4 is 33.8 Å². The maximum atomic E-state index is 12.0. The van der Waals surface area contributed by atoms with Crippen LogP contribution in [0.3, 0.4) is 0 Å². The summed E-state index contributed by atoms with van der Waals surface area (Å²) in [6.07, 6.45) is 1.55. The number of benzene rings is 1. The normalized spacial score (nSPS) is 11.4. The molecule has 1 aromatic carbocycles. The van der Waals surface area contributed by atoms with Gasteiger partial charge in [-0.1, -0.05) is 12.1 Å². The summed E-state index contributed by atoms with van der Waals surface area (Å²) in [5.41, 5.74) is 5.98. The first kappa shape index (κ1) is 17.8. The third kappa shape index (κ3) is 4.99. The van der Waals surface area contributed by atoms with Crippen molar-refractivity contribution in [2.75, 3.05) is 0 Å². The van der Waals surface area contributed by atoms with E-state index in [9.17, 15) is 9.59 Å². The number of nitrogens with two attached hydrogens (primary N) is 1. The Kier molecular flexibility index (Phi) is 5.81. The molecule has 2 amide bonds. The highest BCUT2D eigenvalue weighted by Crippen LogP contribution is 2.17. The summed E-state index contributed by atoms with van der Waals surface area (Å²) in [6, 6.07) is 10.1. The van der Waals surface area contributed by atoms with Gasteiger partial charge in [0.1, 0.15) is 11.4 Å². The lowest BCUT2D eigenvalue weighted by molar-refractivity contribution is -0.114. The molecule has 2 aromatic rings. The van der Waals surface area contributed by atoms with Crippen LogP contribution in [0.15, 0.2) is 51.2 Å². The number of carbonyl (C=O) groups is 2. The van der Waals surface area contributed by atoms with Gasteiger partial charge in [0, 0.05) is 0 Å². The Labute approximate surface area is 147 Å². The number of nitrogens with one attached hydrogen (secondary N) is 1. The van der Waals surface area contributed by atoms with Crippen LogP contribution in [0.1, 0.15) is 30.0 Å². The van der Waals surface area contributed by atoms with Gasteiger partial charge < -0.3 is 20.2 Å². The average molecular weight is 393 g/mol. The number of carbonyl (C=O) groups excluding carboxylic acids is 2. The summed E-state index contributed by atoms with van der Waals surface area (Å²) in [5, 5.41) is 2.44. The molecule has 0 atom stereocenters. The first-order valence-corrected chi connectivity index (χ1v) is 7.99. The summed E-state index contributed by atoms with van der Waals surface area (Å²) in [7, 11) is 0. The van der Waals surface area contributed by atoms with Gasteiger partial charge in [0.05, 0.1) is 6.10 Å². The average Bonchev–Trinajstić information content (AvgIpc) is 2.94. The Morgan fingerprint density at radius 1 is 1.21 bits per heavy atom. The zero-order valence-corrected chi connectivity index (χ0v) is 14.8. The first-order chi connectivity index (χ1) is 11.3. The Hall–Kier alpha value is -2.54. The van der Waals surface area contributed by atoms with Gasteiger partial charge in [0.25, 0.3) is 11.8 Å². The molecule has 2 rings (SSSR count).